The lowest BCUT2D eigenvalue weighted by Crippen LogP contribution is -2.43. The van der Waals surface area contributed by atoms with Gasteiger partial charge in [-0.05, 0) is 18.8 Å². The highest BCUT2D eigenvalue weighted by Gasteiger charge is 2.31. The van der Waals surface area contributed by atoms with Crippen LogP contribution in [-0.4, -0.2) is 30.3 Å². The normalized spacial score (nSPS) is 12.6. The summed E-state index contributed by atoms with van der Waals surface area (Å²) in [5.74, 6) is 0.202. The van der Waals surface area contributed by atoms with Crippen LogP contribution in [0.3, 0.4) is 0 Å². The number of aromatic nitrogens is 1. The Labute approximate surface area is 121 Å². The summed E-state index contributed by atoms with van der Waals surface area (Å²) in [6.07, 6.45) is 4.17. The molecule has 20 heavy (non-hydrogen) atoms. The van der Waals surface area contributed by atoms with E-state index in [1.807, 2.05) is 27.7 Å². The van der Waals surface area contributed by atoms with Crippen LogP contribution in [0.15, 0.2) is 28.2 Å². The van der Waals surface area contributed by atoms with E-state index >= 15 is 0 Å². The lowest BCUT2D eigenvalue weighted by molar-refractivity contribution is 0.276. The highest BCUT2D eigenvalue weighted by Crippen LogP contribution is 2.20. The number of hydrogen-bond acceptors (Lipinski definition) is 3. The van der Waals surface area contributed by atoms with E-state index in [1.54, 1.807) is 0 Å². The Morgan fingerprint density at radius 2 is 1.85 bits per heavy atom. The summed E-state index contributed by atoms with van der Waals surface area (Å²) in [5, 5.41) is 0. The minimum absolute atomic E-state index is 0.0815. The number of nitrogens with zero attached hydrogens (tertiary/aromatic N) is 1. The SMILES string of the molecule is CCC(CC)N(CC(C)C)S(=O)(=O)c1c[nH]ccc1=O. The van der Waals surface area contributed by atoms with Gasteiger partial charge in [0.05, 0.1) is 0 Å². The Kier molecular flexibility index (Phi) is 5.95. The zero-order chi connectivity index (χ0) is 15.3. The van der Waals surface area contributed by atoms with Gasteiger partial charge in [0.1, 0.15) is 4.90 Å². The second-order valence-electron chi connectivity index (χ2n) is 5.31. The molecule has 0 unspecified atom stereocenters. The predicted octanol–water partition coefficient (Wildman–Crippen LogP) is 2.21. The van der Waals surface area contributed by atoms with Crippen molar-refractivity contribution in [3.63, 3.8) is 0 Å². The van der Waals surface area contributed by atoms with Crippen molar-refractivity contribution in [1.29, 1.82) is 0 Å². The molecule has 1 N–H and O–H groups in total. The van der Waals surface area contributed by atoms with E-state index < -0.39 is 15.5 Å². The average molecular weight is 300 g/mol. The van der Waals surface area contributed by atoms with Gasteiger partial charge < -0.3 is 4.98 Å². The third-order valence-corrected chi connectivity index (χ3v) is 5.21. The average Bonchev–Trinajstić information content (AvgIpc) is 2.38. The molecule has 6 heteroatoms. The van der Waals surface area contributed by atoms with E-state index in [1.165, 1.54) is 22.8 Å². The molecule has 0 saturated carbocycles. The van der Waals surface area contributed by atoms with Crippen molar-refractivity contribution >= 4 is 10.0 Å². The van der Waals surface area contributed by atoms with Crippen molar-refractivity contribution in [3.8, 4) is 0 Å². The van der Waals surface area contributed by atoms with E-state index in [2.05, 4.69) is 4.98 Å². The van der Waals surface area contributed by atoms with Gasteiger partial charge in [-0.3, -0.25) is 4.79 Å². The van der Waals surface area contributed by atoms with Crippen molar-refractivity contribution in [2.45, 2.75) is 51.5 Å². The fourth-order valence-corrected chi connectivity index (χ4v) is 4.20. The van der Waals surface area contributed by atoms with Gasteiger partial charge in [-0.15, -0.1) is 0 Å². The van der Waals surface area contributed by atoms with Gasteiger partial charge in [0.25, 0.3) is 0 Å². The van der Waals surface area contributed by atoms with Gasteiger partial charge in [-0.2, -0.15) is 4.31 Å². The Bertz CT molecular complexity index is 574. The van der Waals surface area contributed by atoms with Crippen LogP contribution < -0.4 is 5.43 Å². The monoisotopic (exact) mass is 300 g/mol. The van der Waals surface area contributed by atoms with Crippen LogP contribution in [0.4, 0.5) is 0 Å². The Morgan fingerprint density at radius 3 is 2.30 bits per heavy atom. The Balaban J connectivity index is 3.31. The zero-order valence-electron chi connectivity index (χ0n) is 12.6. The molecule has 1 aromatic heterocycles. The minimum Gasteiger partial charge on any atom is -0.366 e. The summed E-state index contributed by atoms with van der Waals surface area (Å²) in [5.41, 5.74) is -0.469. The number of sulfonamides is 1. The number of aromatic amines is 1. The van der Waals surface area contributed by atoms with E-state index in [0.717, 1.165) is 12.8 Å². The molecular weight excluding hydrogens is 276 g/mol. The van der Waals surface area contributed by atoms with Crippen molar-refractivity contribution in [2.75, 3.05) is 6.54 Å². The fourth-order valence-electron chi connectivity index (χ4n) is 2.23. The largest absolute Gasteiger partial charge is 0.366 e. The lowest BCUT2D eigenvalue weighted by atomic mass is 10.1. The van der Waals surface area contributed by atoms with Crippen LogP contribution in [-0.2, 0) is 10.0 Å². The van der Waals surface area contributed by atoms with Gasteiger partial charge in [-0.25, -0.2) is 8.42 Å². The third kappa shape index (κ3) is 3.70. The molecule has 5 nitrogen and oxygen atoms in total. The molecule has 0 bridgehead atoms. The summed E-state index contributed by atoms with van der Waals surface area (Å²) >= 11 is 0. The molecule has 114 valence electrons. The highest BCUT2D eigenvalue weighted by molar-refractivity contribution is 7.89. The highest BCUT2D eigenvalue weighted by atomic mass is 32.2. The van der Waals surface area contributed by atoms with Crippen molar-refractivity contribution in [3.05, 3.63) is 28.7 Å². The molecule has 1 rings (SSSR count). The molecule has 0 fully saturated rings. The van der Waals surface area contributed by atoms with Gasteiger partial charge in [0.2, 0.25) is 15.5 Å². The van der Waals surface area contributed by atoms with E-state index in [4.69, 9.17) is 0 Å². The molecule has 0 saturated heterocycles. The van der Waals surface area contributed by atoms with Crippen molar-refractivity contribution < 1.29 is 8.42 Å². The Morgan fingerprint density at radius 1 is 1.25 bits per heavy atom. The van der Waals surface area contributed by atoms with Crippen LogP contribution in [0.1, 0.15) is 40.5 Å². The van der Waals surface area contributed by atoms with Gasteiger partial charge in [-0.1, -0.05) is 27.7 Å². The molecule has 0 atom stereocenters. The number of pyridine rings is 1. The summed E-state index contributed by atoms with van der Waals surface area (Å²) < 4.78 is 27.0. The first-order valence-corrected chi connectivity index (χ1v) is 8.47. The molecule has 0 spiro atoms. The van der Waals surface area contributed by atoms with E-state index in [-0.39, 0.29) is 16.9 Å². The van der Waals surface area contributed by atoms with Crippen LogP contribution in [0, 0.1) is 5.92 Å². The van der Waals surface area contributed by atoms with Gasteiger partial charge in [0, 0.05) is 31.0 Å². The zero-order valence-corrected chi connectivity index (χ0v) is 13.4. The maximum atomic E-state index is 12.8. The molecule has 0 aliphatic heterocycles. The predicted molar refractivity (Wildman–Crippen MR) is 80.2 cm³/mol. The summed E-state index contributed by atoms with van der Waals surface area (Å²) in [7, 11) is -3.76. The standard InChI is InChI=1S/C14H24N2O3S/c1-5-12(6-2)16(10-11(3)4)20(18,19)14-9-15-8-7-13(14)17/h7-9,11-12H,5-6,10H2,1-4H3,(H,15,17). The Hall–Kier alpha value is -1.14. The topological polar surface area (TPSA) is 70.2 Å². The second-order valence-corrected chi connectivity index (χ2v) is 7.17. The van der Waals surface area contributed by atoms with Crippen LogP contribution in [0.5, 0.6) is 0 Å². The van der Waals surface area contributed by atoms with Gasteiger partial charge >= 0.3 is 0 Å². The first kappa shape index (κ1) is 16.9. The second kappa shape index (κ2) is 7.04. The number of hydrogen-bond donors (Lipinski definition) is 1. The van der Waals surface area contributed by atoms with Crippen LogP contribution in [0.25, 0.3) is 0 Å². The molecule has 1 aromatic rings. The van der Waals surface area contributed by atoms with Crippen LogP contribution in [0.2, 0.25) is 0 Å². The molecule has 1 heterocycles. The fraction of sp³-hybridized carbons (Fsp3) is 0.643. The first-order valence-electron chi connectivity index (χ1n) is 7.03. The van der Waals surface area contributed by atoms with Crippen LogP contribution >= 0.6 is 0 Å². The van der Waals surface area contributed by atoms with Gasteiger partial charge in [0.15, 0.2) is 0 Å². The lowest BCUT2D eigenvalue weighted by Gasteiger charge is -2.30. The van der Waals surface area contributed by atoms with E-state index in [0.29, 0.717) is 6.54 Å². The molecule has 0 aliphatic rings. The minimum atomic E-state index is -3.76. The number of H-pyrrole nitrogens is 1. The molecule has 0 aliphatic carbocycles. The molecule has 0 amide bonds. The smallest absolute Gasteiger partial charge is 0.248 e. The maximum Gasteiger partial charge on any atom is 0.248 e. The number of rotatable bonds is 7. The van der Waals surface area contributed by atoms with Crippen molar-refractivity contribution in [1.82, 2.24) is 9.29 Å². The maximum absolute atomic E-state index is 12.8. The summed E-state index contributed by atoms with van der Waals surface area (Å²) in [6, 6.07) is 1.16. The first-order chi connectivity index (χ1) is 9.34. The summed E-state index contributed by atoms with van der Waals surface area (Å²) in [4.78, 5) is 14.3. The summed E-state index contributed by atoms with van der Waals surface area (Å²) in [6.45, 7) is 8.29. The molecular formula is C14H24N2O3S. The molecule has 0 radical (unpaired) electrons. The third-order valence-electron chi connectivity index (χ3n) is 3.27. The van der Waals surface area contributed by atoms with E-state index in [9.17, 15) is 13.2 Å². The quantitative estimate of drug-likeness (QED) is 0.839. The number of nitrogens with one attached hydrogen (secondary N) is 1. The molecule has 0 aromatic carbocycles. The van der Waals surface area contributed by atoms with Crippen molar-refractivity contribution in [2.24, 2.45) is 5.92 Å².